The van der Waals surface area contributed by atoms with Gasteiger partial charge in [0.15, 0.2) is 5.16 Å². The van der Waals surface area contributed by atoms with E-state index in [-0.39, 0.29) is 5.91 Å². The number of hydrogen-bond donors (Lipinski definition) is 1. The smallest absolute Gasteiger partial charge is 0.259 e. The van der Waals surface area contributed by atoms with Crippen LogP contribution in [0, 0.1) is 3.57 Å². The molecule has 0 aliphatic rings. The number of anilines is 1. The highest BCUT2D eigenvalue weighted by atomic mass is 127. The maximum absolute atomic E-state index is 12.5. The van der Waals surface area contributed by atoms with E-state index < -0.39 is 0 Å². The molecule has 134 valence electrons. The Hall–Kier alpha value is -1.58. The lowest BCUT2D eigenvalue weighted by atomic mass is 10.2. The van der Waals surface area contributed by atoms with Crippen molar-refractivity contribution in [1.82, 2.24) is 14.8 Å². The number of nitrogens with one attached hydrogen (secondary N) is 1. The Morgan fingerprint density at radius 3 is 2.65 bits per heavy atom. The largest absolute Gasteiger partial charge is 0.290 e. The van der Waals surface area contributed by atoms with Gasteiger partial charge >= 0.3 is 0 Å². The van der Waals surface area contributed by atoms with Crippen LogP contribution in [0.4, 0.5) is 5.95 Å². The summed E-state index contributed by atoms with van der Waals surface area (Å²) in [6.07, 6.45) is 0. The summed E-state index contributed by atoms with van der Waals surface area (Å²) in [4.78, 5) is 12.5. The second-order valence-electron chi connectivity index (χ2n) is 5.36. The molecule has 0 atom stereocenters. The van der Waals surface area contributed by atoms with Crippen LogP contribution >= 0.6 is 46.0 Å². The Bertz CT molecular complexity index is 931. The molecular weight excluding hydrogens is 483 g/mol. The quantitative estimate of drug-likeness (QED) is 0.379. The summed E-state index contributed by atoms with van der Waals surface area (Å²) < 4.78 is 2.77. The molecule has 3 aromatic rings. The van der Waals surface area contributed by atoms with Crippen molar-refractivity contribution in [3.8, 4) is 0 Å². The molecule has 1 N–H and O–H groups in total. The van der Waals surface area contributed by atoms with E-state index in [1.807, 2.05) is 54.0 Å². The summed E-state index contributed by atoms with van der Waals surface area (Å²) in [6.45, 7) is 2.64. The normalized spacial score (nSPS) is 10.7. The molecule has 0 saturated carbocycles. The van der Waals surface area contributed by atoms with Gasteiger partial charge in [-0.1, -0.05) is 53.7 Å². The van der Waals surface area contributed by atoms with Crippen LogP contribution in [0.5, 0.6) is 0 Å². The Morgan fingerprint density at radius 2 is 1.92 bits per heavy atom. The zero-order valence-corrected chi connectivity index (χ0v) is 17.7. The van der Waals surface area contributed by atoms with E-state index in [9.17, 15) is 4.79 Å². The molecule has 0 aliphatic carbocycles. The standard InChI is InChI=1S/C18H16ClIN4OS/c1-2-24-17(21-16(25)13-8-4-6-10-15(13)20)22-23-18(24)26-11-12-7-3-5-9-14(12)19/h3-10H,2,11H2,1H3,(H,21,22,25). The van der Waals surface area contributed by atoms with Crippen molar-refractivity contribution in [2.75, 3.05) is 5.32 Å². The van der Waals surface area contributed by atoms with Crippen molar-refractivity contribution in [1.29, 1.82) is 0 Å². The highest BCUT2D eigenvalue weighted by Crippen LogP contribution is 2.27. The number of rotatable bonds is 6. The summed E-state index contributed by atoms with van der Waals surface area (Å²) in [5.41, 5.74) is 1.65. The lowest BCUT2D eigenvalue weighted by Gasteiger charge is -2.09. The van der Waals surface area contributed by atoms with E-state index in [1.165, 1.54) is 11.8 Å². The molecule has 26 heavy (non-hydrogen) atoms. The molecular formula is C18H16ClIN4OS. The Balaban J connectivity index is 1.75. The van der Waals surface area contributed by atoms with Crippen LogP contribution in [0.15, 0.2) is 53.7 Å². The van der Waals surface area contributed by atoms with Crippen molar-refractivity contribution in [2.45, 2.75) is 24.4 Å². The zero-order valence-electron chi connectivity index (χ0n) is 13.9. The first kappa shape index (κ1) is 19.2. The number of aromatic nitrogens is 3. The first-order chi connectivity index (χ1) is 12.6. The number of carbonyl (C=O) groups is 1. The average molecular weight is 499 g/mol. The minimum atomic E-state index is -0.195. The third kappa shape index (κ3) is 4.39. The van der Waals surface area contributed by atoms with Crippen LogP contribution in [0.2, 0.25) is 5.02 Å². The van der Waals surface area contributed by atoms with Gasteiger partial charge in [-0.25, -0.2) is 0 Å². The van der Waals surface area contributed by atoms with Gasteiger partial charge in [0.2, 0.25) is 5.95 Å². The van der Waals surface area contributed by atoms with Crippen LogP contribution < -0.4 is 5.32 Å². The molecule has 0 bridgehead atoms. The van der Waals surface area contributed by atoms with E-state index in [0.717, 1.165) is 19.3 Å². The maximum Gasteiger partial charge on any atom is 0.259 e. The molecule has 1 heterocycles. The molecule has 0 saturated heterocycles. The minimum absolute atomic E-state index is 0.195. The van der Waals surface area contributed by atoms with Crippen molar-refractivity contribution < 1.29 is 4.79 Å². The average Bonchev–Trinajstić information content (AvgIpc) is 3.02. The predicted molar refractivity (Wildman–Crippen MR) is 114 cm³/mol. The van der Waals surface area contributed by atoms with Crippen LogP contribution in [-0.4, -0.2) is 20.7 Å². The third-order valence-electron chi connectivity index (χ3n) is 3.69. The lowest BCUT2D eigenvalue weighted by Crippen LogP contribution is -2.17. The van der Waals surface area contributed by atoms with Gasteiger partial charge in [0.25, 0.3) is 5.91 Å². The third-order valence-corrected chi connectivity index (χ3v) is 6.02. The molecule has 1 aromatic heterocycles. The fraction of sp³-hybridized carbons (Fsp3) is 0.167. The van der Waals surface area contributed by atoms with Gasteiger partial charge < -0.3 is 0 Å². The van der Waals surface area contributed by atoms with Crippen LogP contribution in [0.1, 0.15) is 22.8 Å². The molecule has 3 rings (SSSR count). The molecule has 0 unspecified atom stereocenters. The highest BCUT2D eigenvalue weighted by molar-refractivity contribution is 14.1. The summed E-state index contributed by atoms with van der Waals surface area (Å²) >= 11 is 9.89. The number of benzene rings is 2. The van der Waals surface area contributed by atoms with Gasteiger partial charge in [0.1, 0.15) is 0 Å². The van der Waals surface area contributed by atoms with Gasteiger partial charge in [0.05, 0.1) is 5.56 Å². The van der Waals surface area contributed by atoms with Gasteiger partial charge in [-0.05, 0) is 53.3 Å². The summed E-state index contributed by atoms with van der Waals surface area (Å²) in [5, 5.41) is 12.7. The van der Waals surface area contributed by atoms with Crippen LogP contribution in [-0.2, 0) is 12.3 Å². The van der Waals surface area contributed by atoms with Gasteiger partial charge in [-0.2, -0.15) is 0 Å². The molecule has 0 fully saturated rings. The highest BCUT2D eigenvalue weighted by Gasteiger charge is 2.16. The zero-order chi connectivity index (χ0) is 18.5. The SMILES string of the molecule is CCn1c(NC(=O)c2ccccc2I)nnc1SCc1ccccc1Cl. The summed E-state index contributed by atoms with van der Waals surface area (Å²) in [5.74, 6) is 0.932. The predicted octanol–water partition coefficient (Wildman–Crippen LogP) is 5.10. The number of carbonyl (C=O) groups excluding carboxylic acids is 1. The maximum atomic E-state index is 12.5. The molecule has 5 nitrogen and oxygen atoms in total. The molecule has 8 heteroatoms. The number of thioether (sulfide) groups is 1. The van der Waals surface area contributed by atoms with Gasteiger partial charge in [-0.3, -0.25) is 14.7 Å². The van der Waals surface area contributed by atoms with Crippen molar-refractivity contribution in [2.24, 2.45) is 0 Å². The first-order valence-corrected chi connectivity index (χ1v) is 10.4. The van der Waals surface area contributed by atoms with Crippen molar-refractivity contribution in [3.05, 3.63) is 68.3 Å². The van der Waals surface area contributed by atoms with Gasteiger partial charge in [0, 0.05) is 20.9 Å². The number of amides is 1. The van der Waals surface area contributed by atoms with Crippen LogP contribution in [0.3, 0.4) is 0 Å². The van der Waals surface area contributed by atoms with E-state index in [4.69, 9.17) is 11.6 Å². The summed E-state index contributed by atoms with van der Waals surface area (Å²) in [6, 6.07) is 15.1. The molecule has 2 aromatic carbocycles. The minimum Gasteiger partial charge on any atom is -0.290 e. The van der Waals surface area contributed by atoms with Crippen molar-refractivity contribution >= 4 is 57.8 Å². The molecule has 0 spiro atoms. The molecule has 0 aliphatic heterocycles. The van der Waals surface area contributed by atoms with Gasteiger partial charge in [-0.15, -0.1) is 10.2 Å². The van der Waals surface area contributed by atoms with E-state index in [2.05, 4.69) is 38.1 Å². The van der Waals surface area contributed by atoms with Crippen molar-refractivity contribution in [3.63, 3.8) is 0 Å². The fourth-order valence-electron chi connectivity index (χ4n) is 2.34. The number of nitrogens with zero attached hydrogens (tertiary/aromatic N) is 3. The lowest BCUT2D eigenvalue weighted by molar-refractivity contribution is 0.102. The Kier molecular flexibility index (Phi) is 6.55. The Labute approximate surface area is 174 Å². The first-order valence-electron chi connectivity index (χ1n) is 7.95. The number of halogens is 2. The van der Waals surface area contributed by atoms with E-state index in [1.54, 1.807) is 6.07 Å². The second-order valence-corrected chi connectivity index (χ2v) is 7.88. The monoisotopic (exact) mass is 498 g/mol. The van der Waals surface area contributed by atoms with Crippen LogP contribution in [0.25, 0.3) is 0 Å². The fourth-order valence-corrected chi connectivity index (χ4v) is 4.27. The Morgan fingerprint density at radius 1 is 1.19 bits per heavy atom. The summed E-state index contributed by atoms with van der Waals surface area (Å²) in [7, 11) is 0. The second kappa shape index (κ2) is 8.88. The number of hydrogen-bond acceptors (Lipinski definition) is 4. The van der Waals surface area contributed by atoms with E-state index >= 15 is 0 Å². The molecule has 0 radical (unpaired) electrons. The van der Waals surface area contributed by atoms with E-state index in [0.29, 0.717) is 23.8 Å². The molecule has 1 amide bonds. The topological polar surface area (TPSA) is 59.8 Å².